The second-order valence-electron chi connectivity index (χ2n) is 12.9. The maximum atomic E-state index is 6.43. The fraction of sp³-hybridized carbons (Fsp3) is 0.867. The van der Waals surface area contributed by atoms with Gasteiger partial charge >= 0.3 is 0 Å². The van der Waals surface area contributed by atoms with Crippen molar-refractivity contribution in [2.45, 2.75) is 92.6 Å². The summed E-state index contributed by atoms with van der Waals surface area (Å²) in [6, 6.07) is 0. The van der Waals surface area contributed by atoms with Crippen LogP contribution in [0.5, 0.6) is 0 Å². The molecule has 8 atom stereocenters. The fourth-order valence-electron chi connectivity index (χ4n) is 11.9. The molecule has 0 aromatic carbocycles. The summed E-state index contributed by atoms with van der Waals surface area (Å²) >= 11 is 0. The van der Waals surface area contributed by atoms with E-state index in [1.165, 1.54) is 48.0 Å². The van der Waals surface area contributed by atoms with Crippen LogP contribution in [0, 0.1) is 45.3 Å². The molecule has 3 fully saturated rings. The van der Waals surface area contributed by atoms with Crippen LogP contribution in [0.2, 0.25) is 0 Å². The second-order valence-corrected chi connectivity index (χ2v) is 12.9. The van der Waals surface area contributed by atoms with E-state index in [-0.39, 0.29) is 21.7 Å². The van der Waals surface area contributed by atoms with E-state index in [0.29, 0.717) is 23.7 Å². The molecular weight excluding hydrogens is 424 g/mol. The Bertz CT molecular complexity index is 824. The van der Waals surface area contributed by atoms with E-state index in [0.717, 1.165) is 0 Å². The molecule has 0 N–H and O–H groups in total. The first-order valence-corrected chi connectivity index (χ1v) is 13.4. The largest absolute Gasteiger partial charge is 0.351 e. The van der Waals surface area contributed by atoms with Crippen LogP contribution in [0.15, 0.2) is 22.3 Å². The number of methoxy groups -OCH3 is 4. The summed E-state index contributed by atoms with van der Waals surface area (Å²) in [7, 11) is 7.46. The average molecular weight is 473 g/mol. The summed E-state index contributed by atoms with van der Waals surface area (Å²) in [5.41, 5.74) is 5.48. The van der Waals surface area contributed by atoms with Crippen molar-refractivity contribution >= 4 is 0 Å². The fourth-order valence-corrected chi connectivity index (χ4v) is 11.9. The van der Waals surface area contributed by atoms with Crippen molar-refractivity contribution in [3.05, 3.63) is 22.3 Å². The van der Waals surface area contributed by atoms with Gasteiger partial charge in [0.2, 0.25) is 0 Å². The molecule has 0 aliphatic heterocycles. The average Bonchev–Trinajstić information content (AvgIpc) is 3.19. The highest BCUT2D eigenvalue weighted by Crippen LogP contribution is 2.81. The van der Waals surface area contributed by atoms with Crippen molar-refractivity contribution < 1.29 is 18.9 Å². The van der Waals surface area contributed by atoms with Crippen LogP contribution in [0.25, 0.3) is 0 Å². The quantitative estimate of drug-likeness (QED) is 0.335. The van der Waals surface area contributed by atoms with Gasteiger partial charge in [-0.2, -0.15) is 0 Å². The summed E-state index contributed by atoms with van der Waals surface area (Å²) in [4.78, 5) is 0. The number of hydrogen-bond acceptors (Lipinski definition) is 4. The van der Waals surface area contributed by atoms with E-state index < -0.39 is 11.6 Å². The third-order valence-electron chi connectivity index (χ3n) is 13.6. The van der Waals surface area contributed by atoms with E-state index in [1.54, 1.807) is 0 Å². The molecule has 3 saturated carbocycles. The molecule has 0 aromatic rings. The summed E-state index contributed by atoms with van der Waals surface area (Å²) in [6.07, 6.45) is 4.77. The van der Waals surface area contributed by atoms with Gasteiger partial charge in [0.15, 0.2) is 11.6 Å². The Hall–Kier alpha value is -0.680. The molecule has 192 valence electrons. The topological polar surface area (TPSA) is 36.9 Å². The van der Waals surface area contributed by atoms with Crippen LogP contribution < -0.4 is 0 Å². The van der Waals surface area contributed by atoms with Crippen molar-refractivity contribution in [1.82, 2.24) is 0 Å². The Morgan fingerprint density at radius 3 is 0.765 bits per heavy atom. The SMILES string of the molecule is COC1(OC)[C@@]2(C)C(C)=C(C)[C@@]1(C)[C@@H]1CC[C@H]3[C@@H](CC[C@H]12)[C@]1(C)C(C)=C(C)[C@@]3(C)C1(OC)OC. The van der Waals surface area contributed by atoms with E-state index >= 15 is 0 Å². The molecule has 0 amide bonds. The zero-order chi connectivity index (χ0) is 25.3. The van der Waals surface area contributed by atoms with Gasteiger partial charge in [-0.05, 0) is 77.0 Å². The van der Waals surface area contributed by atoms with Crippen LogP contribution >= 0.6 is 0 Å². The number of rotatable bonds is 4. The minimum Gasteiger partial charge on any atom is -0.351 e. The molecule has 4 bridgehead atoms. The first kappa shape index (κ1) is 25.0. The predicted molar refractivity (Wildman–Crippen MR) is 135 cm³/mol. The highest BCUT2D eigenvalue weighted by atomic mass is 16.7. The van der Waals surface area contributed by atoms with Gasteiger partial charge in [-0.15, -0.1) is 0 Å². The standard InChI is InChI=1S/C30H48O4/c1-17-18(2)26(6)22-15-16-24-23(14-13-21(22)25(17,5)29(26,31-9)32-10)27(7)19(3)20(4)28(24,8)30(27,33-11)34-12/h21-24H,13-16H2,1-12H3/t21-,22-,23-,24+,25+,26+,27+,28-/m1/s1. The van der Waals surface area contributed by atoms with Crippen LogP contribution in [0.1, 0.15) is 81.1 Å². The molecule has 4 heteroatoms. The third-order valence-corrected chi connectivity index (χ3v) is 13.6. The van der Waals surface area contributed by atoms with Gasteiger partial charge < -0.3 is 18.9 Å². The Morgan fingerprint density at radius 1 is 0.441 bits per heavy atom. The minimum atomic E-state index is -0.595. The monoisotopic (exact) mass is 472 g/mol. The van der Waals surface area contributed by atoms with Crippen LogP contribution in [-0.2, 0) is 18.9 Å². The smallest absolute Gasteiger partial charge is 0.186 e. The lowest BCUT2D eigenvalue weighted by Crippen LogP contribution is -2.53. The van der Waals surface area contributed by atoms with Gasteiger partial charge in [0.1, 0.15) is 0 Å². The maximum absolute atomic E-state index is 6.43. The lowest BCUT2D eigenvalue weighted by atomic mass is 9.56. The lowest BCUT2D eigenvalue weighted by molar-refractivity contribution is -0.288. The van der Waals surface area contributed by atoms with Crippen molar-refractivity contribution in [3.8, 4) is 0 Å². The van der Waals surface area contributed by atoms with Gasteiger partial charge in [-0.25, -0.2) is 0 Å². The number of hydrogen-bond donors (Lipinski definition) is 0. The van der Waals surface area contributed by atoms with Crippen LogP contribution in [0.3, 0.4) is 0 Å². The van der Waals surface area contributed by atoms with E-state index in [4.69, 9.17) is 18.9 Å². The highest BCUT2D eigenvalue weighted by molar-refractivity contribution is 5.47. The van der Waals surface area contributed by atoms with Crippen molar-refractivity contribution in [1.29, 1.82) is 0 Å². The molecule has 5 aliphatic rings. The Kier molecular flexibility index (Phi) is 5.14. The Morgan fingerprint density at radius 2 is 0.618 bits per heavy atom. The van der Waals surface area contributed by atoms with Crippen LogP contribution in [0.4, 0.5) is 0 Å². The zero-order valence-corrected chi connectivity index (χ0v) is 23.8. The predicted octanol–water partition coefficient (Wildman–Crippen LogP) is 6.76. The molecule has 4 nitrogen and oxygen atoms in total. The van der Waals surface area contributed by atoms with Crippen molar-refractivity contribution in [2.75, 3.05) is 28.4 Å². The van der Waals surface area contributed by atoms with Gasteiger partial charge in [-0.1, -0.05) is 50.0 Å². The Balaban J connectivity index is 1.64. The van der Waals surface area contributed by atoms with Crippen molar-refractivity contribution in [3.63, 3.8) is 0 Å². The zero-order valence-electron chi connectivity index (χ0n) is 23.8. The summed E-state index contributed by atoms with van der Waals surface area (Å²) in [6.45, 7) is 19.1. The maximum Gasteiger partial charge on any atom is 0.186 e. The van der Waals surface area contributed by atoms with Gasteiger partial charge in [-0.3, -0.25) is 0 Å². The minimum absolute atomic E-state index is 0.115. The Labute approximate surface area is 207 Å². The van der Waals surface area contributed by atoms with E-state index in [1.807, 2.05) is 28.4 Å². The van der Waals surface area contributed by atoms with Crippen LogP contribution in [-0.4, -0.2) is 40.0 Å². The summed E-state index contributed by atoms with van der Waals surface area (Å²) in [5, 5.41) is 0. The normalized spacial score (nSPS) is 50.5. The lowest BCUT2D eigenvalue weighted by Gasteiger charge is -2.47. The molecule has 0 aromatic heterocycles. The number of ether oxygens (including phenoxy) is 4. The van der Waals surface area contributed by atoms with E-state index in [9.17, 15) is 0 Å². The third kappa shape index (κ3) is 1.96. The van der Waals surface area contributed by atoms with E-state index in [2.05, 4.69) is 55.4 Å². The molecule has 0 saturated heterocycles. The first-order valence-electron chi connectivity index (χ1n) is 13.4. The first-order chi connectivity index (χ1) is 15.8. The summed E-state index contributed by atoms with van der Waals surface area (Å²) in [5.74, 6) is 0.987. The van der Waals surface area contributed by atoms with Gasteiger partial charge in [0, 0.05) is 50.1 Å². The molecule has 0 radical (unpaired) electrons. The highest BCUT2D eigenvalue weighted by Gasteiger charge is 2.82. The second kappa shape index (κ2) is 7.00. The molecule has 0 unspecified atom stereocenters. The molecule has 5 rings (SSSR count). The molecule has 0 spiro atoms. The van der Waals surface area contributed by atoms with Gasteiger partial charge in [0.25, 0.3) is 0 Å². The van der Waals surface area contributed by atoms with Crippen molar-refractivity contribution in [2.24, 2.45) is 45.3 Å². The number of fused-ring (bicyclic) bond motifs is 10. The van der Waals surface area contributed by atoms with Gasteiger partial charge in [0.05, 0.1) is 0 Å². The summed E-state index contributed by atoms with van der Waals surface area (Å²) < 4.78 is 25.7. The molecule has 5 aliphatic carbocycles. The molecule has 34 heavy (non-hydrogen) atoms. The molecule has 0 heterocycles. The molecular formula is C30H48O4.